The molecule has 0 radical (unpaired) electrons. The van der Waals surface area contributed by atoms with E-state index in [9.17, 15) is 0 Å². The third kappa shape index (κ3) is 1.99. The van der Waals surface area contributed by atoms with Gasteiger partial charge in [-0.2, -0.15) is 0 Å². The van der Waals surface area contributed by atoms with Gasteiger partial charge in [0.1, 0.15) is 11.6 Å². The Morgan fingerprint density at radius 3 is 3.17 bits per heavy atom. The number of aromatic nitrogens is 2. The second-order valence-corrected chi connectivity index (χ2v) is 4.73. The van der Waals surface area contributed by atoms with Crippen molar-refractivity contribution in [2.75, 3.05) is 7.11 Å². The van der Waals surface area contributed by atoms with Gasteiger partial charge in [-0.3, -0.25) is 0 Å². The average Bonchev–Trinajstić information content (AvgIpc) is 2.81. The molecule has 0 spiro atoms. The Labute approximate surface area is 106 Å². The van der Waals surface area contributed by atoms with E-state index in [1.54, 1.807) is 7.11 Å². The van der Waals surface area contributed by atoms with E-state index >= 15 is 0 Å². The fraction of sp³-hybridized carbons (Fsp3) is 0.357. The van der Waals surface area contributed by atoms with Crippen LogP contribution in [0.15, 0.2) is 30.5 Å². The van der Waals surface area contributed by atoms with Crippen LogP contribution < -0.4 is 10.5 Å². The predicted octanol–water partition coefficient (Wildman–Crippen LogP) is 1.83. The first-order chi connectivity index (χ1) is 8.76. The Kier molecular flexibility index (Phi) is 2.80. The highest BCUT2D eigenvalue weighted by atomic mass is 16.5. The van der Waals surface area contributed by atoms with Gasteiger partial charge in [0.2, 0.25) is 0 Å². The van der Waals surface area contributed by atoms with Gasteiger partial charge in [0, 0.05) is 30.8 Å². The quantitative estimate of drug-likeness (QED) is 0.875. The highest BCUT2D eigenvalue weighted by Crippen LogP contribution is 2.25. The molecular formula is C14H17N3O. The highest BCUT2D eigenvalue weighted by Gasteiger charge is 2.17. The molecule has 0 saturated heterocycles. The summed E-state index contributed by atoms with van der Waals surface area (Å²) >= 11 is 0. The second kappa shape index (κ2) is 4.46. The summed E-state index contributed by atoms with van der Waals surface area (Å²) in [7, 11) is 1.68. The molecule has 1 aromatic heterocycles. The van der Waals surface area contributed by atoms with Crippen LogP contribution in [-0.4, -0.2) is 22.7 Å². The molecule has 0 bridgehead atoms. The number of ether oxygens (including phenoxy) is 1. The highest BCUT2D eigenvalue weighted by molar-refractivity contribution is 5.60. The van der Waals surface area contributed by atoms with Gasteiger partial charge >= 0.3 is 0 Å². The van der Waals surface area contributed by atoms with Crippen LogP contribution in [0.1, 0.15) is 12.2 Å². The maximum absolute atomic E-state index is 5.97. The molecule has 4 heteroatoms. The van der Waals surface area contributed by atoms with Crippen molar-refractivity contribution < 1.29 is 4.74 Å². The Morgan fingerprint density at radius 1 is 1.44 bits per heavy atom. The summed E-state index contributed by atoms with van der Waals surface area (Å²) in [4.78, 5) is 4.68. The summed E-state index contributed by atoms with van der Waals surface area (Å²) in [5.74, 6) is 1.99. The summed E-state index contributed by atoms with van der Waals surface area (Å²) in [6.07, 6.45) is 4.07. The lowest BCUT2D eigenvalue weighted by molar-refractivity contribution is 0.415. The first-order valence-electron chi connectivity index (χ1n) is 6.22. The lowest BCUT2D eigenvalue weighted by Gasteiger charge is -2.19. The number of fused-ring (bicyclic) bond motifs is 1. The molecule has 2 aromatic rings. The number of nitrogens with two attached hydrogens (primary N) is 1. The molecule has 2 N–H and O–H groups in total. The predicted molar refractivity (Wildman–Crippen MR) is 70.5 cm³/mol. The summed E-state index contributed by atoms with van der Waals surface area (Å²) in [5, 5.41) is 0. The lowest BCUT2D eigenvalue weighted by atomic mass is 10.1. The van der Waals surface area contributed by atoms with Gasteiger partial charge in [-0.05, 0) is 18.6 Å². The van der Waals surface area contributed by atoms with Crippen LogP contribution in [0, 0.1) is 0 Å². The first kappa shape index (κ1) is 11.3. The molecule has 94 valence electrons. The molecule has 0 amide bonds. The summed E-state index contributed by atoms with van der Waals surface area (Å²) in [6, 6.07) is 8.24. The Hall–Kier alpha value is -1.81. The van der Waals surface area contributed by atoms with Crippen LogP contribution in [0.4, 0.5) is 0 Å². The lowest BCUT2D eigenvalue weighted by Crippen LogP contribution is -2.31. The summed E-state index contributed by atoms with van der Waals surface area (Å²) in [5.41, 5.74) is 8.06. The molecule has 1 aliphatic heterocycles. The van der Waals surface area contributed by atoms with Crippen molar-refractivity contribution in [1.82, 2.24) is 9.55 Å². The topological polar surface area (TPSA) is 53.1 Å². The molecule has 1 atom stereocenters. The molecule has 1 unspecified atom stereocenters. The van der Waals surface area contributed by atoms with E-state index in [0.29, 0.717) is 0 Å². The Morgan fingerprint density at radius 2 is 2.33 bits per heavy atom. The third-order valence-corrected chi connectivity index (χ3v) is 3.39. The van der Waals surface area contributed by atoms with Gasteiger partial charge in [0.05, 0.1) is 12.8 Å². The molecule has 0 saturated carbocycles. The van der Waals surface area contributed by atoms with Crippen LogP contribution in [0.3, 0.4) is 0 Å². The number of nitrogens with zero attached hydrogens (tertiary/aromatic N) is 2. The van der Waals surface area contributed by atoms with Gasteiger partial charge < -0.3 is 15.0 Å². The van der Waals surface area contributed by atoms with Crippen LogP contribution in [0.25, 0.3) is 11.3 Å². The maximum Gasteiger partial charge on any atom is 0.119 e. The molecule has 2 heterocycles. The number of aryl methyl sites for hydroxylation is 1. The van der Waals surface area contributed by atoms with Crippen molar-refractivity contribution in [3.8, 4) is 17.0 Å². The number of rotatable bonds is 2. The zero-order valence-corrected chi connectivity index (χ0v) is 10.5. The Bertz CT molecular complexity index is 562. The van der Waals surface area contributed by atoms with E-state index in [4.69, 9.17) is 10.5 Å². The number of hydrogen-bond donors (Lipinski definition) is 1. The summed E-state index contributed by atoms with van der Waals surface area (Å²) < 4.78 is 7.41. The van der Waals surface area contributed by atoms with E-state index in [2.05, 4.69) is 21.8 Å². The van der Waals surface area contributed by atoms with E-state index in [1.165, 1.54) is 0 Å². The van der Waals surface area contributed by atoms with Crippen LogP contribution in [0.5, 0.6) is 5.75 Å². The molecule has 3 rings (SSSR count). The van der Waals surface area contributed by atoms with E-state index in [1.807, 2.05) is 18.2 Å². The molecule has 0 aliphatic carbocycles. The van der Waals surface area contributed by atoms with Crippen LogP contribution in [-0.2, 0) is 13.0 Å². The van der Waals surface area contributed by atoms with E-state index in [0.717, 1.165) is 42.2 Å². The smallest absolute Gasteiger partial charge is 0.119 e. The normalized spacial score (nSPS) is 18.4. The van der Waals surface area contributed by atoms with Gasteiger partial charge in [-0.15, -0.1) is 0 Å². The van der Waals surface area contributed by atoms with Crippen molar-refractivity contribution in [3.63, 3.8) is 0 Å². The molecule has 4 nitrogen and oxygen atoms in total. The molecule has 1 aliphatic rings. The van der Waals surface area contributed by atoms with Crippen molar-refractivity contribution in [3.05, 3.63) is 36.3 Å². The standard InChI is InChI=1S/C14H17N3O/c1-18-12-4-2-3-10(7-12)13-9-17-8-11(15)5-6-14(17)16-13/h2-4,7,9,11H,5-6,8,15H2,1H3. The fourth-order valence-corrected chi connectivity index (χ4v) is 2.39. The molecule has 18 heavy (non-hydrogen) atoms. The van der Waals surface area contributed by atoms with Gasteiger partial charge in [0.15, 0.2) is 0 Å². The fourth-order valence-electron chi connectivity index (χ4n) is 2.39. The molecule has 0 fully saturated rings. The minimum atomic E-state index is 0.254. The number of benzene rings is 1. The van der Waals surface area contributed by atoms with Crippen molar-refractivity contribution in [2.45, 2.75) is 25.4 Å². The van der Waals surface area contributed by atoms with Gasteiger partial charge in [-0.1, -0.05) is 12.1 Å². The zero-order chi connectivity index (χ0) is 12.5. The van der Waals surface area contributed by atoms with Gasteiger partial charge in [0.25, 0.3) is 0 Å². The Balaban J connectivity index is 1.97. The first-order valence-corrected chi connectivity index (χ1v) is 6.22. The largest absolute Gasteiger partial charge is 0.497 e. The van der Waals surface area contributed by atoms with Crippen LogP contribution in [0.2, 0.25) is 0 Å². The monoisotopic (exact) mass is 243 g/mol. The van der Waals surface area contributed by atoms with Crippen molar-refractivity contribution in [2.24, 2.45) is 5.73 Å². The van der Waals surface area contributed by atoms with E-state index in [-0.39, 0.29) is 6.04 Å². The summed E-state index contributed by atoms with van der Waals surface area (Å²) in [6.45, 7) is 0.867. The van der Waals surface area contributed by atoms with Crippen molar-refractivity contribution in [1.29, 1.82) is 0 Å². The number of hydrogen-bond acceptors (Lipinski definition) is 3. The SMILES string of the molecule is COc1cccc(-c2cn3c(n2)CCC(N)C3)c1. The van der Waals surface area contributed by atoms with Crippen LogP contribution >= 0.6 is 0 Å². The number of imidazole rings is 1. The van der Waals surface area contributed by atoms with Crippen molar-refractivity contribution >= 4 is 0 Å². The second-order valence-electron chi connectivity index (χ2n) is 4.73. The van der Waals surface area contributed by atoms with E-state index < -0.39 is 0 Å². The minimum Gasteiger partial charge on any atom is -0.497 e. The minimum absolute atomic E-state index is 0.254. The maximum atomic E-state index is 5.97. The molecular weight excluding hydrogens is 226 g/mol. The molecule has 1 aromatic carbocycles. The zero-order valence-electron chi connectivity index (χ0n) is 10.5. The average molecular weight is 243 g/mol. The third-order valence-electron chi connectivity index (χ3n) is 3.39. The number of methoxy groups -OCH3 is 1. The van der Waals surface area contributed by atoms with Gasteiger partial charge in [-0.25, -0.2) is 4.98 Å².